The molecular formula is C34H32O. The lowest BCUT2D eigenvalue weighted by atomic mass is 9.77. The average Bonchev–Trinajstić information content (AvgIpc) is 2.90. The number of benzene rings is 3. The molecule has 1 nitrogen and oxygen atoms in total. The summed E-state index contributed by atoms with van der Waals surface area (Å²) in [7, 11) is 0. The standard InChI is InChI=1S/C34H32O/c1-23-18-26-13-16-32-31-15-12-27(20-28(31)14-17-33(32)34(26)19-24(23)2)30-11-7-6-10-29(30)22-35-21-25-8-4-3-5-9-25/h3-13,15-19,24,27H,14,20-22H2,1-2H3. The van der Waals surface area contributed by atoms with Gasteiger partial charge in [-0.05, 0) is 69.5 Å². The summed E-state index contributed by atoms with van der Waals surface area (Å²) in [6.07, 6.45) is 14.2. The van der Waals surface area contributed by atoms with Gasteiger partial charge in [0.2, 0.25) is 0 Å². The van der Waals surface area contributed by atoms with Crippen LogP contribution in [0.2, 0.25) is 0 Å². The van der Waals surface area contributed by atoms with E-state index in [4.69, 9.17) is 4.74 Å². The van der Waals surface area contributed by atoms with Crippen LogP contribution in [0.25, 0.3) is 23.8 Å². The summed E-state index contributed by atoms with van der Waals surface area (Å²) in [5, 5.41) is 2.85. The minimum Gasteiger partial charge on any atom is -0.372 e. The minimum atomic E-state index is 0.398. The predicted octanol–water partition coefficient (Wildman–Crippen LogP) is 6.92. The van der Waals surface area contributed by atoms with E-state index in [0.29, 0.717) is 25.0 Å². The molecule has 0 fully saturated rings. The van der Waals surface area contributed by atoms with Crippen molar-refractivity contribution >= 4 is 23.8 Å². The molecule has 0 N–H and O–H groups in total. The van der Waals surface area contributed by atoms with E-state index in [2.05, 4.69) is 105 Å². The molecule has 0 amide bonds. The summed E-state index contributed by atoms with van der Waals surface area (Å²) < 4.78 is 6.11. The van der Waals surface area contributed by atoms with Crippen LogP contribution in [-0.2, 0) is 18.0 Å². The lowest BCUT2D eigenvalue weighted by molar-refractivity contribution is 0.106. The molecule has 0 saturated carbocycles. The Labute approximate surface area is 208 Å². The molecule has 3 aliphatic carbocycles. The maximum absolute atomic E-state index is 6.11. The van der Waals surface area contributed by atoms with Crippen molar-refractivity contribution in [2.24, 2.45) is 5.92 Å². The van der Waals surface area contributed by atoms with E-state index in [0.717, 1.165) is 12.8 Å². The Bertz CT molecular complexity index is 1480. The molecule has 2 unspecified atom stereocenters. The van der Waals surface area contributed by atoms with E-state index in [9.17, 15) is 0 Å². The van der Waals surface area contributed by atoms with Crippen LogP contribution in [0.15, 0.2) is 90.0 Å². The topological polar surface area (TPSA) is 9.23 Å². The minimum absolute atomic E-state index is 0.398. The number of fused-ring (bicyclic) bond motifs is 4. The third kappa shape index (κ3) is 4.26. The molecule has 0 bridgehead atoms. The van der Waals surface area contributed by atoms with Crippen LogP contribution in [0.1, 0.15) is 60.4 Å². The molecule has 1 heteroatoms. The molecule has 3 aromatic rings. The van der Waals surface area contributed by atoms with Gasteiger partial charge in [0.1, 0.15) is 0 Å². The van der Waals surface area contributed by atoms with E-state index in [1.807, 2.05) is 6.07 Å². The first kappa shape index (κ1) is 22.1. The molecule has 3 aromatic carbocycles. The zero-order valence-electron chi connectivity index (χ0n) is 20.6. The van der Waals surface area contributed by atoms with Crippen LogP contribution in [-0.4, -0.2) is 0 Å². The highest BCUT2D eigenvalue weighted by Crippen LogP contribution is 2.39. The van der Waals surface area contributed by atoms with Crippen LogP contribution in [0.3, 0.4) is 0 Å². The molecule has 0 aliphatic heterocycles. The van der Waals surface area contributed by atoms with Gasteiger partial charge in [-0.25, -0.2) is 0 Å². The maximum Gasteiger partial charge on any atom is 0.0724 e. The van der Waals surface area contributed by atoms with Gasteiger partial charge in [-0.15, -0.1) is 0 Å². The largest absolute Gasteiger partial charge is 0.372 e. The SMILES string of the molecule is CC1=Cc2ccc3c(c2=CC1C)=CCC1=C3C=CC(c2ccccc2COCc2ccccc2)C1. The fraction of sp³-hybridized carbons (Fsp3) is 0.235. The van der Waals surface area contributed by atoms with Crippen molar-refractivity contribution in [3.8, 4) is 0 Å². The van der Waals surface area contributed by atoms with Gasteiger partial charge >= 0.3 is 0 Å². The lowest BCUT2D eigenvalue weighted by Crippen LogP contribution is -2.35. The van der Waals surface area contributed by atoms with Crippen LogP contribution in [0, 0.1) is 5.92 Å². The Hall–Kier alpha value is -3.42. The number of rotatable bonds is 5. The number of hydrogen-bond donors (Lipinski definition) is 0. The molecule has 6 rings (SSSR count). The molecule has 0 saturated heterocycles. The van der Waals surface area contributed by atoms with E-state index in [1.54, 1.807) is 5.57 Å². The molecular weight excluding hydrogens is 424 g/mol. The normalized spacial score (nSPS) is 20.2. The van der Waals surface area contributed by atoms with Gasteiger partial charge in [0.05, 0.1) is 13.2 Å². The highest BCUT2D eigenvalue weighted by atomic mass is 16.5. The van der Waals surface area contributed by atoms with Gasteiger partial charge in [0.25, 0.3) is 0 Å². The molecule has 0 radical (unpaired) electrons. The van der Waals surface area contributed by atoms with E-state index < -0.39 is 0 Å². The van der Waals surface area contributed by atoms with Gasteiger partial charge in [-0.2, -0.15) is 0 Å². The molecule has 0 spiro atoms. The Kier molecular flexibility index (Phi) is 5.88. The van der Waals surface area contributed by atoms with Crippen molar-refractivity contribution in [3.63, 3.8) is 0 Å². The first-order valence-corrected chi connectivity index (χ1v) is 12.8. The summed E-state index contributed by atoms with van der Waals surface area (Å²) in [6, 6.07) is 23.9. The molecule has 2 atom stereocenters. The molecule has 35 heavy (non-hydrogen) atoms. The van der Waals surface area contributed by atoms with Crippen LogP contribution < -0.4 is 10.4 Å². The van der Waals surface area contributed by atoms with Crippen LogP contribution in [0.4, 0.5) is 0 Å². The van der Waals surface area contributed by atoms with Crippen LogP contribution >= 0.6 is 0 Å². The third-order valence-corrected chi connectivity index (χ3v) is 7.85. The van der Waals surface area contributed by atoms with Crippen molar-refractivity contribution in [1.82, 2.24) is 0 Å². The molecule has 0 heterocycles. The average molecular weight is 457 g/mol. The van der Waals surface area contributed by atoms with Crippen molar-refractivity contribution in [2.45, 2.75) is 45.8 Å². The quantitative estimate of drug-likeness (QED) is 0.405. The van der Waals surface area contributed by atoms with Crippen LogP contribution in [0.5, 0.6) is 0 Å². The van der Waals surface area contributed by atoms with E-state index in [1.165, 1.54) is 49.4 Å². The van der Waals surface area contributed by atoms with Crippen molar-refractivity contribution < 1.29 is 4.74 Å². The highest BCUT2D eigenvalue weighted by Gasteiger charge is 2.23. The molecule has 3 aliphatic rings. The van der Waals surface area contributed by atoms with Gasteiger partial charge in [-0.1, -0.05) is 115 Å². The zero-order valence-corrected chi connectivity index (χ0v) is 20.6. The summed E-state index contributed by atoms with van der Waals surface area (Å²) in [5.74, 6) is 0.902. The number of ether oxygens (including phenoxy) is 1. The molecule has 174 valence electrons. The van der Waals surface area contributed by atoms with Gasteiger partial charge in [-0.3, -0.25) is 0 Å². The first-order chi connectivity index (χ1) is 17.2. The fourth-order valence-corrected chi connectivity index (χ4v) is 5.74. The van der Waals surface area contributed by atoms with Crippen molar-refractivity contribution in [3.05, 3.63) is 128 Å². The van der Waals surface area contributed by atoms with Gasteiger partial charge in [0, 0.05) is 5.92 Å². The van der Waals surface area contributed by atoms with Gasteiger partial charge < -0.3 is 4.74 Å². The summed E-state index contributed by atoms with van der Waals surface area (Å²) in [4.78, 5) is 0. The summed E-state index contributed by atoms with van der Waals surface area (Å²) in [6.45, 7) is 5.82. The second-order valence-corrected chi connectivity index (χ2v) is 10.1. The van der Waals surface area contributed by atoms with E-state index >= 15 is 0 Å². The van der Waals surface area contributed by atoms with Crippen molar-refractivity contribution in [1.29, 1.82) is 0 Å². The predicted molar refractivity (Wildman–Crippen MR) is 147 cm³/mol. The third-order valence-electron chi connectivity index (χ3n) is 7.85. The Morgan fingerprint density at radius 1 is 0.886 bits per heavy atom. The summed E-state index contributed by atoms with van der Waals surface area (Å²) >= 11 is 0. The Balaban J connectivity index is 1.24. The fourth-order valence-electron chi connectivity index (χ4n) is 5.74. The van der Waals surface area contributed by atoms with E-state index in [-0.39, 0.29) is 0 Å². The zero-order chi connectivity index (χ0) is 23.8. The number of hydrogen-bond acceptors (Lipinski definition) is 1. The monoisotopic (exact) mass is 456 g/mol. The Morgan fingerprint density at radius 2 is 1.71 bits per heavy atom. The highest BCUT2D eigenvalue weighted by molar-refractivity contribution is 5.83. The smallest absolute Gasteiger partial charge is 0.0724 e. The Morgan fingerprint density at radius 3 is 2.60 bits per heavy atom. The molecule has 0 aromatic heterocycles. The summed E-state index contributed by atoms with van der Waals surface area (Å²) in [5.41, 5.74) is 11.1. The second-order valence-electron chi connectivity index (χ2n) is 10.1. The van der Waals surface area contributed by atoms with Gasteiger partial charge in [0.15, 0.2) is 0 Å². The van der Waals surface area contributed by atoms with Crippen molar-refractivity contribution in [2.75, 3.05) is 0 Å². The second kappa shape index (κ2) is 9.32. The first-order valence-electron chi connectivity index (χ1n) is 12.8. The lowest BCUT2D eigenvalue weighted by Gasteiger charge is -2.27. The number of allylic oxidation sites excluding steroid dienone is 5. The maximum atomic E-state index is 6.11.